The smallest absolute Gasteiger partial charge is 0.227 e. The van der Waals surface area contributed by atoms with Crippen LogP contribution in [0.2, 0.25) is 0 Å². The molecule has 2 saturated heterocycles. The van der Waals surface area contributed by atoms with Gasteiger partial charge in [-0.2, -0.15) is 10.4 Å². The second-order valence-corrected chi connectivity index (χ2v) is 9.99. The molecule has 6 rings (SSSR count). The zero-order valence-corrected chi connectivity index (χ0v) is 19.7. The Morgan fingerprint density at radius 3 is 2.63 bits per heavy atom. The average molecular weight is 473 g/mol. The number of hydrogen-bond acceptors (Lipinski definition) is 5. The molecule has 1 aromatic carbocycles. The van der Waals surface area contributed by atoms with Crippen molar-refractivity contribution in [2.45, 2.75) is 24.9 Å². The third-order valence-electron chi connectivity index (χ3n) is 7.76. The third kappa shape index (κ3) is 4.04. The molecule has 180 valence electrons. The van der Waals surface area contributed by atoms with Crippen molar-refractivity contribution in [3.05, 3.63) is 54.4 Å². The van der Waals surface area contributed by atoms with E-state index in [1.807, 2.05) is 45.9 Å². The van der Waals surface area contributed by atoms with Crippen LogP contribution in [0.15, 0.2) is 48.8 Å². The van der Waals surface area contributed by atoms with Crippen molar-refractivity contribution >= 4 is 17.1 Å². The minimum atomic E-state index is -1.30. The minimum Gasteiger partial charge on any atom is -0.366 e. The fourth-order valence-corrected chi connectivity index (χ4v) is 5.51. The normalized spacial score (nSPS) is 26.5. The summed E-state index contributed by atoms with van der Waals surface area (Å²) in [4.78, 5) is 16.8. The minimum absolute atomic E-state index is 0.0941. The zero-order chi connectivity index (χ0) is 24.0. The van der Waals surface area contributed by atoms with Gasteiger partial charge in [0.05, 0.1) is 29.1 Å². The average Bonchev–Trinajstić information content (AvgIpc) is 3.57. The summed E-state index contributed by atoms with van der Waals surface area (Å²) in [6.07, 6.45) is 5.92. The van der Waals surface area contributed by atoms with Gasteiger partial charge in [0.15, 0.2) is 0 Å². The van der Waals surface area contributed by atoms with Gasteiger partial charge >= 0.3 is 0 Å². The van der Waals surface area contributed by atoms with Gasteiger partial charge in [-0.15, -0.1) is 0 Å². The van der Waals surface area contributed by atoms with Gasteiger partial charge in [0.2, 0.25) is 5.91 Å². The Balaban J connectivity index is 1.19. The predicted octanol–water partition coefficient (Wildman–Crippen LogP) is 3.36. The van der Waals surface area contributed by atoms with Crippen LogP contribution in [0, 0.1) is 23.2 Å². The Morgan fingerprint density at radius 2 is 1.94 bits per heavy atom. The molecule has 3 aromatic rings. The number of nitrogens with zero attached hydrogens (tertiary/aromatic N) is 5. The molecule has 7 nitrogen and oxygen atoms in total. The summed E-state index contributed by atoms with van der Waals surface area (Å²) in [5.74, 6) is -0.0627. The SMILES string of the molecule is N#C[C@@H]1C[C@H]1C(=O)N1CCN(c2ccnn3cc(-c4ccc([C@]5(F)CCCNC5)cc4)cc23)CC1. The van der Waals surface area contributed by atoms with Crippen molar-refractivity contribution in [1.82, 2.24) is 19.8 Å². The Bertz CT molecular complexity index is 1280. The fraction of sp³-hybridized carbons (Fsp3) is 0.444. The number of nitrogens with one attached hydrogen (secondary N) is 1. The number of carbonyl (C=O) groups excluding carboxylic acids is 1. The first-order chi connectivity index (χ1) is 17.1. The number of aromatic nitrogens is 2. The molecule has 1 amide bonds. The van der Waals surface area contributed by atoms with Crippen molar-refractivity contribution < 1.29 is 9.18 Å². The zero-order valence-electron chi connectivity index (χ0n) is 19.7. The lowest BCUT2D eigenvalue weighted by Crippen LogP contribution is -2.49. The molecule has 2 aliphatic heterocycles. The van der Waals surface area contributed by atoms with E-state index in [0.29, 0.717) is 32.5 Å². The molecule has 3 aliphatic rings. The molecule has 0 bridgehead atoms. The number of benzene rings is 1. The molecule has 8 heteroatoms. The molecule has 4 heterocycles. The van der Waals surface area contributed by atoms with Crippen LogP contribution >= 0.6 is 0 Å². The highest BCUT2D eigenvalue weighted by atomic mass is 19.1. The molecule has 1 aliphatic carbocycles. The van der Waals surface area contributed by atoms with E-state index in [1.165, 1.54) is 0 Å². The molecule has 3 atom stereocenters. The first kappa shape index (κ1) is 22.1. The van der Waals surface area contributed by atoms with Crippen LogP contribution in [0.25, 0.3) is 16.6 Å². The van der Waals surface area contributed by atoms with Gasteiger partial charge in [0, 0.05) is 50.7 Å². The highest BCUT2D eigenvalue weighted by Crippen LogP contribution is 2.39. The summed E-state index contributed by atoms with van der Waals surface area (Å²) >= 11 is 0. The van der Waals surface area contributed by atoms with E-state index in [0.717, 1.165) is 53.9 Å². The predicted molar refractivity (Wildman–Crippen MR) is 132 cm³/mol. The summed E-state index contributed by atoms with van der Waals surface area (Å²) in [5, 5.41) is 16.7. The van der Waals surface area contributed by atoms with E-state index in [4.69, 9.17) is 5.26 Å². The second-order valence-electron chi connectivity index (χ2n) is 9.99. The van der Waals surface area contributed by atoms with Gasteiger partial charge in [0.25, 0.3) is 0 Å². The van der Waals surface area contributed by atoms with Crippen molar-refractivity contribution in [3.63, 3.8) is 0 Å². The monoisotopic (exact) mass is 472 g/mol. The Hall–Kier alpha value is -3.44. The highest BCUT2D eigenvalue weighted by molar-refractivity contribution is 5.83. The largest absolute Gasteiger partial charge is 0.366 e. The van der Waals surface area contributed by atoms with E-state index in [2.05, 4.69) is 27.5 Å². The topological polar surface area (TPSA) is 76.7 Å². The van der Waals surface area contributed by atoms with E-state index in [1.54, 1.807) is 6.20 Å². The van der Waals surface area contributed by atoms with Crippen LogP contribution < -0.4 is 10.2 Å². The Morgan fingerprint density at radius 1 is 1.14 bits per heavy atom. The lowest BCUT2D eigenvalue weighted by Gasteiger charge is -2.36. The molecule has 35 heavy (non-hydrogen) atoms. The molecule has 0 radical (unpaired) electrons. The van der Waals surface area contributed by atoms with E-state index < -0.39 is 5.67 Å². The van der Waals surface area contributed by atoms with Gasteiger partial charge in [-0.3, -0.25) is 4.79 Å². The summed E-state index contributed by atoms with van der Waals surface area (Å²) in [7, 11) is 0. The van der Waals surface area contributed by atoms with Crippen LogP contribution in [-0.2, 0) is 10.5 Å². The Labute approximate surface area is 204 Å². The van der Waals surface area contributed by atoms with Crippen molar-refractivity contribution in [2.24, 2.45) is 11.8 Å². The number of amides is 1. The summed E-state index contributed by atoms with van der Waals surface area (Å²) < 4.78 is 17.2. The number of piperidine rings is 1. The maximum absolute atomic E-state index is 15.3. The van der Waals surface area contributed by atoms with Crippen LogP contribution in [-0.4, -0.2) is 59.7 Å². The fourth-order valence-electron chi connectivity index (χ4n) is 5.51. The van der Waals surface area contributed by atoms with Crippen molar-refractivity contribution in [2.75, 3.05) is 44.2 Å². The number of rotatable bonds is 4. The van der Waals surface area contributed by atoms with Crippen LogP contribution in [0.5, 0.6) is 0 Å². The third-order valence-corrected chi connectivity index (χ3v) is 7.76. The quantitative estimate of drug-likeness (QED) is 0.630. The lowest BCUT2D eigenvalue weighted by molar-refractivity contribution is -0.133. The van der Waals surface area contributed by atoms with E-state index in [9.17, 15) is 4.79 Å². The molecule has 0 unspecified atom stereocenters. The number of fused-ring (bicyclic) bond motifs is 1. The number of piperazine rings is 1. The van der Waals surface area contributed by atoms with Gasteiger partial charge in [-0.05, 0) is 49.1 Å². The maximum atomic E-state index is 15.3. The van der Waals surface area contributed by atoms with E-state index >= 15 is 4.39 Å². The highest BCUT2D eigenvalue weighted by Gasteiger charge is 2.45. The number of halogens is 1. The first-order valence-corrected chi connectivity index (χ1v) is 12.5. The van der Waals surface area contributed by atoms with Gasteiger partial charge in [-0.1, -0.05) is 24.3 Å². The first-order valence-electron chi connectivity index (χ1n) is 12.5. The Kier molecular flexibility index (Phi) is 5.45. The van der Waals surface area contributed by atoms with Crippen LogP contribution in [0.1, 0.15) is 24.8 Å². The lowest BCUT2D eigenvalue weighted by atomic mass is 9.87. The van der Waals surface area contributed by atoms with Crippen LogP contribution in [0.3, 0.4) is 0 Å². The standard InChI is InChI=1S/C27H29FN6O/c28-27(7-1-8-30-18-27)22-4-2-19(3-5-22)21-15-25-24(6-9-31-34(25)17-21)32-10-12-33(13-11-32)26(35)23-14-20(23)16-29/h2-6,9,15,17,20,23,30H,1,7-8,10-14,18H2/t20-,23+,27-/m0/s1. The van der Waals surface area contributed by atoms with Gasteiger partial charge in [-0.25, -0.2) is 8.91 Å². The van der Waals surface area contributed by atoms with Gasteiger partial charge < -0.3 is 15.1 Å². The molecule has 1 saturated carbocycles. The number of hydrogen-bond donors (Lipinski definition) is 1. The maximum Gasteiger partial charge on any atom is 0.227 e. The van der Waals surface area contributed by atoms with Crippen molar-refractivity contribution in [3.8, 4) is 17.2 Å². The summed E-state index contributed by atoms with van der Waals surface area (Å²) in [6.45, 7) is 4.07. The second kappa shape index (κ2) is 8.65. The van der Waals surface area contributed by atoms with E-state index in [-0.39, 0.29) is 17.7 Å². The molecule has 2 aromatic heterocycles. The number of carbonyl (C=O) groups is 1. The number of anilines is 1. The number of nitriles is 1. The molecule has 3 fully saturated rings. The molecule has 1 N–H and O–H groups in total. The van der Waals surface area contributed by atoms with Gasteiger partial charge in [0.1, 0.15) is 5.67 Å². The molecule has 0 spiro atoms. The molecular formula is C27H29FN6O. The van der Waals surface area contributed by atoms with Crippen LogP contribution in [0.4, 0.5) is 10.1 Å². The summed E-state index contributed by atoms with van der Waals surface area (Å²) in [5.41, 5.74) is 3.61. The number of alkyl halides is 1. The van der Waals surface area contributed by atoms with Crippen molar-refractivity contribution in [1.29, 1.82) is 5.26 Å². The summed E-state index contributed by atoms with van der Waals surface area (Å²) in [6, 6.07) is 14.2. The molecular weight excluding hydrogens is 443 g/mol.